The Labute approximate surface area is 177 Å². The Morgan fingerprint density at radius 3 is 2.52 bits per heavy atom. The lowest BCUT2D eigenvalue weighted by atomic mass is 10.1. The maximum Gasteiger partial charge on any atom is 0.392 e. The van der Waals surface area contributed by atoms with E-state index < -0.39 is 6.04 Å². The fourth-order valence-electron chi connectivity index (χ4n) is 3.64. The van der Waals surface area contributed by atoms with E-state index in [2.05, 4.69) is 26.7 Å². The number of rotatable bonds is 4. The minimum atomic E-state index is -0.561. The van der Waals surface area contributed by atoms with Crippen LogP contribution in [0.5, 0.6) is 0 Å². The van der Waals surface area contributed by atoms with Gasteiger partial charge in [-0.05, 0) is 14.0 Å². The molecule has 29 heavy (non-hydrogen) atoms. The molecular weight excluding hydrogens is 412 g/mol. The predicted octanol–water partition coefficient (Wildman–Crippen LogP) is -0.141. The van der Waals surface area contributed by atoms with Crippen molar-refractivity contribution in [3.05, 3.63) is 5.01 Å². The van der Waals surface area contributed by atoms with Gasteiger partial charge in [-0.15, -0.1) is 10.2 Å². The van der Waals surface area contributed by atoms with E-state index in [1.165, 1.54) is 16.8 Å². The molecule has 1 atom stereocenters. The maximum atomic E-state index is 13.0. The summed E-state index contributed by atoms with van der Waals surface area (Å²) in [6, 6.07) is -0.905. The summed E-state index contributed by atoms with van der Waals surface area (Å²) < 4.78 is 3.14. The number of fused-ring (bicyclic) bond motifs is 1. The monoisotopic (exact) mass is 437 g/mol. The molecule has 0 saturated carbocycles. The van der Waals surface area contributed by atoms with Gasteiger partial charge in [0, 0.05) is 32.9 Å². The molecular formula is C17H25N8O2S2+. The lowest BCUT2D eigenvalue weighted by Gasteiger charge is -2.33. The van der Waals surface area contributed by atoms with Crippen LogP contribution in [0.25, 0.3) is 0 Å². The van der Waals surface area contributed by atoms with E-state index >= 15 is 0 Å². The van der Waals surface area contributed by atoms with E-state index in [1.807, 2.05) is 11.8 Å². The van der Waals surface area contributed by atoms with Crippen molar-refractivity contribution in [2.45, 2.75) is 17.3 Å². The highest BCUT2D eigenvalue weighted by molar-refractivity contribution is 8.01. The van der Waals surface area contributed by atoms with Gasteiger partial charge in [-0.3, -0.25) is 19.2 Å². The van der Waals surface area contributed by atoms with Crippen molar-refractivity contribution in [1.82, 2.24) is 29.8 Å². The van der Waals surface area contributed by atoms with Crippen LogP contribution < -0.4 is 0 Å². The lowest BCUT2D eigenvalue weighted by molar-refractivity contribution is -0.544. The van der Waals surface area contributed by atoms with Crippen LogP contribution in [0.4, 0.5) is 4.79 Å². The molecule has 0 N–H and O–H groups in total. The van der Waals surface area contributed by atoms with E-state index in [0.29, 0.717) is 12.4 Å². The number of carbonyl (C=O) groups is 2. The zero-order valence-electron chi connectivity index (χ0n) is 17.0. The number of guanidine groups is 1. The topological polar surface area (TPSA) is 88.2 Å². The molecule has 3 aliphatic rings. The summed E-state index contributed by atoms with van der Waals surface area (Å²) in [6.45, 7) is 6.13. The fraction of sp³-hybridized carbons (Fsp3) is 0.647. The number of nitrogens with zero attached hydrogens (tertiary/aromatic N) is 8. The number of likely N-dealkylation sites (N-methyl/N-ethyl adjacent to an activating group) is 3. The SMILES string of the molecule is Cc1nnc(SCCN2C(=[N+]3CCN(C)CC3)N=C3C2C(=O)N(C)C(=O)N3C)s1. The minimum absolute atomic E-state index is 0.229. The van der Waals surface area contributed by atoms with Crippen LogP contribution in [0.2, 0.25) is 0 Å². The van der Waals surface area contributed by atoms with Gasteiger partial charge < -0.3 is 4.90 Å². The van der Waals surface area contributed by atoms with E-state index in [1.54, 1.807) is 30.1 Å². The van der Waals surface area contributed by atoms with Gasteiger partial charge in [0.2, 0.25) is 11.9 Å². The molecule has 4 heterocycles. The number of hydrogen-bond acceptors (Lipinski definition) is 7. The summed E-state index contributed by atoms with van der Waals surface area (Å²) in [5.41, 5.74) is 0. The molecule has 3 amide bonds. The van der Waals surface area contributed by atoms with Gasteiger partial charge in [0.1, 0.15) is 5.01 Å². The number of thioether (sulfide) groups is 1. The molecule has 0 bridgehead atoms. The second kappa shape index (κ2) is 8.00. The highest BCUT2D eigenvalue weighted by Crippen LogP contribution is 2.26. The van der Waals surface area contributed by atoms with E-state index in [4.69, 9.17) is 4.99 Å². The third kappa shape index (κ3) is 3.76. The normalized spacial score (nSPS) is 23.2. The van der Waals surface area contributed by atoms with E-state index in [0.717, 1.165) is 47.2 Å². The number of carbonyl (C=O) groups excluding carboxylic acids is 2. The molecule has 4 rings (SSSR count). The molecule has 10 nitrogen and oxygen atoms in total. The zero-order valence-corrected chi connectivity index (χ0v) is 18.7. The number of hydrogen-bond donors (Lipinski definition) is 0. The van der Waals surface area contributed by atoms with Gasteiger partial charge in [-0.2, -0.15) is 0 Å². The first kappa shape index (κ1) is 20.2. The summed E-state index contributed by atoms with van der Waals surface area (Å²) in [4.78, 5) is 37.1. The highest BCUT2D eigenvalue weighted by Gasteiger charge is 2.55. The molecule has 0 aliphatic carbocycles. The highest BCUT2D eigenvalue weighted by atomic mass is 32.2. The van der Waals surface area contributed by atoms with Crippen LogP contribution in [0, 0.1) is 6.92 Å². The summed E-state index contributed by atoms with van der Waals surface area (Å²) in [7, 11) is 5.31. The Kier molecular flexibility index (Phi) is 5.58. The van der Waals surface area contributed by atoms with Crippen LogP contribution in [0.3, 0.4) is 0 Å². The molecule has 0 radical (unpaired) electrons. The van der Waals surface area contributed by atoms with Gasteiger partial charge in [-0.1, -0.05) is 28.1 Å². The van der Waals surface area contributed by atoms with Crippen molar-refractivity contribution in [3.8, 4) is 0 Å². The smallest absolute Gasteiger partial charge is 0.300 e. The summed E-state index contributed by atoms with van der Waals surface area (Å²) in [6.07, 6.45) is 0. The Bertz CT molecular complexity index is 888. The molecule has 0 spiro atoms. The number of piperazine rings is 1. The third-order valence-corrected chi connectivity index (χ3v) is 7.31. The molecule has 3 aliphatic heterocycles. The van der Waals surface area contributed by atoms with Crippen LogP contribution >= 0.6 is 23.1 Å². The molecule has 1 aromatic heterocycles. The summed E-state index contributed by atoms with van der Waals surface area (Å²) in [5.74, 6) is 1.83. The molecule has 2 saturated heterocycles. The maximum absolute atomic E-state index is 13.0. The number of aryl methyl sites for hydroxylation is 1. The summed E-state index contributed by atoms with van der Waals surface area (Å²) in [5, 5.41) is 9.16. The first-order valence-corrected chi connectivity index (χ1v) is 11.3. The van der Waals surface area contributed by atoms with Crippen molar-refractivity contribution in [1.29, 1.82) is 0 Å². The van der Waals surface area contributed by atoms with E-state index in [9.17, 15) is 9.59 Å². The predicted molar refractivity (Wildman–Crippen MR) is 112 cm³/mol. The number of aliphatic imine (C=N–C) groups is 1. The van der Waals surface area contributed by atoms with Crippen molar-refractivity contribution in [2.24, 2.45) is 4.99 Å². The molecule has 0 aromatic carbocycles. The second-order valence-electron chi connectivity index (χ2n) is 7.33. The van der Waals surface area contributed by atoms with Crippen molar-refractivity contribution >= 4 is 46.8 Å². The quantitative estimate of drug-likeness (QED) is 0.478. The van der Waals surface area contributed by atoms with E-state index in [-0.39, 0.29) is 11.9 Å². The fourth-order valence-corrected chi connectivity index (χ4v) is 5.47. The molecule has 2 fully saturated rings. The molecule has 1 unspecified atom stereocenters. The first-order chi connectivity index (χ1) is 13.9. The van der Waals surface area contributed by atoms with Crippen LogP contribution in [-0.2, 0) is 4.79 Å². The average molecular weight is 438 g/mol. The number of amides is 3. The third-order valence-electron chi connectivity index (χ3n) is 5.36. The van der Waals surface area contributed by atoms with Gasteiger partial charge in [-0.25, -0.2) is 9.69 Å². The minimum Gasteiger partial charge on any atom is -0.300 e. The van der Waals surface area contributed by atoms with Crippen molar-refractivity contribution < 1.29 is 14.2 Å². The Balaban J connectivity index is 1.60. The Hall–Kier alpha value is -2.05. The zero-order chi connectivity index (χ0) is 20.7. The van der Waals surface area contributed by atoms with Crippen molar-refractivity contribution in [3.63, 3.8) is 0 Å². The van der Waals surface area contributed by atoms with Crippen molar-refractivity contribution in [2.75, 3.05) is 59.6 Å². The molecule has 1 aromatic rings. The van der Waals surface area contributed by atoms with Crippen LogP contribution in [0.15, 0.2) is 9.33 Å². The first-order valence-electron chi connectivity index (χ1n) is 9.50. The number of aromatic nitrogens is 2. The van der Waals surface area contributed by atoms with Gasteiger partial charge in [0.05, 0.1) is 19.6 Å². The lowest BCUT2D eigenvalue weighted by Crippen LogP contribution is -2.63. The average Bonchev–Trinajstić information content (AvgIpc) is 3.29. The number of urea groups is 1. The second-order valence-corrected chi connectivity index (χ2v) is 9.85. The Morgan fingerprint density at radius 1 is 1.14 bits per heavy atom. The van der Waals surface area contributed by atoms with Gasteiger partial charge >= 0.3 is 12.0 Å². The standard InChI is InChI=1S/C17H25N8O2S2/c1-11-19-20-16(29-11)28-10-9-25-12-13(22(3)17(27)23(4)14(12)26)18-15(25)24-7-5-21(2)6-8-24/h12H,5-10H2,1-4H3/q+1. The van der Waals surface area contributed by atoms with Gasteiger partial charge in [0.25, 0.3) is 5.91 Å². The van der Waals surface area contributed by atoms with Crippen LogP contribution in [-0.4, -0.2) is 124 Å². The molecule has 12 heteroatoms. The van der Waals surface area contributed by atoms with Gasteiger partial charge in [0.15, 0.2) is 4.34 Å². The largest absolute Gasteiger partial charge is 0.392 e. The number of imide groups is 1. The van der Waals surface area contributed by atoms with Crippen LogP contribution in [0.1, 0.15) is 5.01 Å². The Morgan fingerprint density at radius 2 is 1.86 bits per heavy atom. The molecule has 156 valence electrons. The summed E-state index contributed by atoms with van der Waals surface area (Å²) >= 11 is 3.19. The number of amidine groups is 1.